The van der Waals surface area contributed by atoms with E-state index in [1.165, 1.54) is 16.3 Å². The van der Waals surface area contributed by atoms with Crippen LogP contribution in [0.4, 0.5) is 5.00 Å². The maximum atomic E-state index is 12.3. The molecule has 21 heavy (non-hydrogen) atoms. The van der Waals surface area contributed by atoms with Crippen LogP contribution in [-0.2, 0) is 4.79 Å². The molecule has 114 valence electrons. The molecule has 8 heteroatoms. The minimum Gasteiger partial charge on any atom is -0.481 e. The SMILES string of the molecule is CCCC1(C(=O)O)CCN(C(=O)c2csc([N+](=O)[O-])c2)C1. The molecule has 7 nitrogen and oxygen atoms in total. The van der Waals surface area contributed by atoms with Gasteiger partial charge in [0.05, 0.1) is 15.9 Å². The molecule has 1 aromatic heterocycles. The van der Waals surface area contributed by atoms with Gasteiger partial charge in [0.2, 0.25) is 0 Å². The monoisotopic (exact) mass is 312 g/mol. The largest absolute Gasteiger partial charge is 0.481 e. The zero-order chi connectivity index (χ0) is 15.6. The first kappa shape index (κ1) is 15.4. The molecule has 0 aliphatic carbocycles. The van der Waals surface area contributed by atoms with E-state index in [9.17, 15) is 24.8 Å². The fourth-order valence-corrected chi connectivity index (χ4v) is 3.42. The number of likely N-dealkylation sites (tertiary alicyclic amines) is 1. The molecular weight excluding hydrogens is 296 g/mol. The Labute approximate surface area is 125 Å². The van der Waals surface area contributed by atoms with Crippen molar-refractivity contribution in [2.75, 3.05) is 13.1 Å². The highest BCUT2D eigenvalue weighted by Crippen LogP contribution is 2.36. The molecule has 1 unspecified atom stereocenters. The molecule has 0 spiro atoms. The van der Waals surface area contributed by atoms with Crippen LogP contribution in [-0.4, -0.2) is 39.9 Å². The lowest BCUT2D eigenvalue weighted by Crippen LogP contribution is -2.36. The molecule has 1 aliphatic rings. The van der Waals surface area contributed by atoms with Crippen molar-refractivity contribution in [2.45, 2.75) is 26.2 Å². The van der Waals surface area contributed by atoms with Gasteiger partial charge in [-0.25, -0.2) is 0 Å². The van der Waals surface area contributed by atoms with E-state index in [1.807, 2.05) is 6.92 Å². The van der Waals surface area contributed by atoms with Gasteiger partial charge in [0.15, 0.2) is 0 Å². The van der Waals surface area contributed by atoms with Gasteiger partial charge in [0.1, 0.15) is 0 Å². The summed E-state index contributed by atoms with van der Waals surface area (Å²) in [6.07, 6.45) is 1.68. The van der Waals surface area contributed by atoms with Crippen molar-refractivity contribution < 1.29 is 19.6 Å². The molecule has 1 aliphatic heterocycles. The van der Waals surface area contributed by atoms with Crippen LogP contribution in [0.25, 0.3) is 0 Å². The van der Waals surface area contributed by atoms with Gasteiger partial charge in [-0.05, 0) is 12.8 Å². The highest BCUT2D eigenvalue weighted by Gasteiger charge is 2.45. The van der Waals surface area contributed by atoms with Gasteiger partial charge in [0, 0.05) is 24.5 Å². The number of carboxylic acid groups (broad SMARTS) is 1. The Morgan fingerprint density at radius 1 is 1.57 bits per heavy atom. The summed E-state index contributed by atoms with van der Waals surface area (Å²) in [6.45, 7) is 2.45. The van der Waals surface area contributed by atoms with Crippen LogP contribution in [0.1, 0.15) is 36.5 Å². The minimum atomic E-state index is -0.883. The Hall–Kier alpha value is -1.96. The number of amides is 1. The smallest absolute Gasteiger partial charge is 0.324 e. The molecule has 0 radical (unpaired) electrons. The number of thiophene rings is 1. The number of nitrogens with zero attached hydrogens (tertiary/aromatic N) is 2. The fourth-order valence-electron chi connectivity index (χ4n) is 2.73. The maximum absolute atomic E-state index is 12.3. The maximum Gasteiger partial charge on any atom is 0.324 e. The third-order valence-electron chi connectivity index (χ3n) is 3.84. The van der Waals surface area contributed by atoms with Crippen LogP contribution in [0.2, 0.25) is 0 Å². The molecule has 0 bridgehead atoms. The predicted octanol–water partition coefficient (Wildman–Crippen LogP) is 2.37. The molecule has 2 heterocycles. The number of carbonyl (C=O) groups is 2. The van der Waals surface area contributed by atoms with Crippen molar-refractivity contribution in [2.24, 2.45) is 5.41 Å². The van der Waals surface area contributed by atoms with Crippen LogP contribution in [0.5, 0.6) is 0 Å². The van der Waals surface area contributed by atoms with Crippen LogP contribution in [0, 0.1) is 15.5 Å². The highest BCUT2D eigenvalue weighted by atomic mass is 32.1. The lowest BCUT2D eigenvalue weighted by atomic mass is 9.83. The van der Waals surface area contributed by atoms with Gasteiger partial charge in [0.25, 0.3) is 5.91 Å². The lowest BCUT2D eigenvalue weighted by molar-refractivity contribution is -0.380. The average Bonchev–Trinajstić information content (AvgIpc) is 3.06. The highest BCUT2D eigenvalue weighted by molar-refractivity contribution is 7.13. The summed E-state index contributed by atoms with van der Waals surface area (Å²) in [5.74, 6) is -1.21. The van der Waals surface area contributed by atoms with E-state index in [1.54, 1.807) is 0 Å². The van der Waals surface area contributed by atoms with E-state index in [-0.39, 0.29) is 23.0 Å². The first-order valence-electron chi connectivity index (χ1n) is 6.65. The molecule has 2 rings (SSSR count). The standard InChI is InChI=1S/C13H16N2O5S/c1-2-3-13(12(17)18)4-5-14(8-13)11(16)9-6-10(15(19)20)21-7-9/h6-7H,2-5,8H2,1H3,(H,17,18). The number of aliphatic carboxylic acids is 1. The van der Waals surface area contributed by atoms with E-state index in [4.69, 9.17) is 0 Å². The van der Waals surface area contributed by atoms with Crippen LogP contribution < -0.4 is 0 Å². The quantitative estimate of drug-likeness (QED) is 0.664. The predicted molar refractivity (Wildman–Crippen MR) is 76.5 cm³/mol. The molecule has 0 aromatic carbocycles. The molecule has 1 aromatic rings. The van der Waals surface area contributed by atoms with Crippen LogP contribution in [0.3, 0.4) is 0 Å². The molecule has 1 N–H and O–H groups in total. The Balaban J connectivity index is 2.14. The van der Waals surface area contributed by atoms with Gasteiger partial charge >= 0.3 is 11.0 Å². The first-order chi connectivity index (χ1) is 9.89. The zero-order valence-electron chi connectivity index (χ0n) is 11.6. The van der Waals surface area contributed by atoms with Gasteiger partial charge in [-0.1, -0.05) is 24.7 Å². The molecule has 1 atom stereocenters. The van der Waals surface area contributed by atoms with Crippen molar-refractivity contribution >= 4 is 28.2 Å². The van der Waals surface area contributed by atoms with Gasteiger partial charge in [-0.15, -0.1) is 0 Å². The molecule has 1 saturated heterocycles. The van der Waals surface area contributed by atoms with Crippen molar-refractivity contribution in [3.8, 4) is 0 Å². The molecular formula is C13H16N2O5S. The number of hydrogen-bond donors (Lipinski definition) is 1. The topological polar surface area (TPSA) is 101 Å². The van der Waals surface area contributed by atoms with E-state index >= 15 is 0 Å². The minimum absolute atomic E-state index is 0.0874. The second-order valence-corrected chi connectivity index (χ2v) is 6.13. The van der Waals surface area contributed by atoms with Crippen LogP contribution >= 0.6 is 11.3 Å². The number of carbonyl (C=O) groups excluding carboxylic acids is 1. The van der Waals surface area contributed by atoms with Crippen molar-refractivity contribution in [3.05, 3.63) is 27.1 Å². The summed E-state index contributed by atoms with van der Waals surface area (Å²) in [5, 5.41) is 21.4. The Kier molecular flexibility index (Phi) is 4.26. The van der Waals surface area contributed by atoms with Gasteiger partial charge < -0.3 is 10.0 Å². The summed E-state index contributed by atoms with van der Waals surface area (Å²) < 4.78 is 0. The first-order valence-corrected chi connectivity index (χ1v) is 7.53. The van der Waals surface area contributed by atoms with Gasteiger partial charge in [-0.2, -0.15) is 0 Å². The lowest BCUT2D eigenvalue weighted by Gasteiger charge is -2.24. The van der Waals surface area contributed by atoms with Crippen LogP contribution in [0.15, 0.2) is 11.4 Å². The van der Waals surface area contributed by atoms with E-state index < -0.39 is 16.3 Å². The van der Waals surface area contributed by atoms with E-state index in [0.717, 1.165) is 17.8 Å². The molecule has 0 saturated carbocycles. The van der Waals surface area contributed by atoms with E-state index in [0.29, 0.717) is 19.4 Å². The van der Waals surface area contributed by atoms with Crippen molar-refractivity contribution in [1.29, 1.82) is 0 Å². The molecule has 1 fully saturated rings. The van der Waals surface area contributed by atoms with Crippen molar-refractivity contribution in [3.63, 3.8) is 0 Å². The summed E-state index contributed by atoms with van der Waals surface area (Å²) in [6, 6.07) is 1.24. The number of rotatable bonds is 5. The van der Waals surface area contributed by atoms with Gasteiger partial charge in [-0.3, -0.25) is 19.7 Å². The average molecular weight is 312 g/mol. The Bertz CT molecular complexity index is 585. The second-order valence-electron chi connectivity index (χ2n) is 5.24. The fraction of sp³-hybridized carbons (Fsp3) is 0.538. The summed E-state index contributed by atoms with van der Waals surface area (Å²) in [7, 11) is 0. The number of carboxylic acids is 1. The summed E-state index contributed by atoms with van der Waals surface area (Å²) in [4.78, 5) is 35.4. The third-order valence-corrected chi connectivity index (χ3v) is 4.72. The van der Waals surface area contributed by atoms with E-state index in [2.05, 4.69) is 0 Å². The van der Waals surface area contributed by atoms with Crippen molar-refractivity contribution in [1.82, 2.24) is 4.90 Å². The third kappa shape index (κ3) is 2.90. The Morgan fingerprint density at radius 2 is 2.29 bits per heavy atom. The number of nitro groups is 1. The second kappa shape index (κ2) is 5.80. The number of hydrogen-bond acceptors (Lipinski definition) is 5. The Morgan fingerprint density at radius 3 is 2.81 bits per heavy atom. The summed E-state index contributed by atoms with van der Waals surface area (Å²) >= 11 is 0.898. The zero-order valence-corrected chi connectivity index (χ0v) is 12.4. The molecule has 1 amide bonds. The normalized spacial score (nSPS) is 21.5. The summed E-state index contributed by atoms with van der Waals surface area (Å²) in [5.41, 5.74) is -0.629.